The highest BCUT2D eigenvalue weighted by atomic mass is 35.5. The molecule has 124 valence electrons. The van der Waals surface area contributed by atoms with Crippen molar-refractivity contribution in [3.8, 4) is 0 Å². The summed E-state index contributed by atoms with van der Waals surface area (Å²) in [6, 6.07) is 14.2. The molecule has 1 aromatic heterocycles. The van der Waals surface area contributed by atoms with Crippen LogP contribution in [-0.4, -0.2) is 10.8 Å². The number of aromatic nitrogens is 1. The fraction of sp³-hybridized carbons (Fsp3) is 0.211. The van der Waals surface area contributed by atoms with Gasteiger partial charge < -0.3 is 9.99 Å². The van der Waals surface area contributed by atoms with Gasteiger partial charge >= 0.3 is 0 Å². The molecule has 24 heavy (non-hydrogen) atoms. The number of fused-ring (bicyclic) bond motifs is 1. The zero-order valence-corrected chi connectivity index (χ0v) is 15.1. The second-order valence-corrected chi connectivity index (χ2v) is 6.71. The lowest BCUT2D eigenvalue weighted by Gasteiger charge is -2.08. The van der Waals surface area contributed by atoms with Gasteiger partial charge in [-0.2, -0.15) is 5.10 Å². The normalized spacial score (nSPS) is 11.7. The van der Waals surface area contributed by atoms with Crippen molar-refractivity contribution in [1.29, 1.82) is 0 Å². The van der Waals surface area contributed by atoms with Gasteiger partial charge in [0.05, 0.1) is 12.8 Å². The number of hydrogen-bond acceptors (Lipinski definition) is 2. The number of rotatable bonds is 5. The van der Waals surface area contributed by atoms with Gasteiger partial charge in [-0.25, -0.2) is 0 Å². The third-order valence-corrected chi connectivity index (χ3v) is 4.65. The van der Waals surface area contributed by atoms with Crippen LogP contribution in [0.4, 0.5) is 0 Å². The van der Waals surface area contributed by atoms with E-state index in [9.17, 15) is 0 Å². The molecule has 5 heteroatoms. The highest BCUT2D eigenvalue weighted by Gasteiger charge is 2.08. The van der Waals surface area contributed by atoms with Gasteiger partial charge in [-0.1, -0.05) is 47.5 Å². The molecule has 0 radical (unpaired) electrons. The minimum absolute atomic E-state index is 0.395. The van der Waals surface area contributed by atoms with Crippen LogP contribution in [0.15, 0.2) is 53.8 Å². The first kappa shape index (κ1) is 16.9. The molecule has 1 N–H and O–H groups in total. The van der Waals surface area contributed by atoms with E-state index in [1.807, 2.05) is 30.5 Å². The Hall–Kier alpha value is -1.97. The summed E-state index contributed by atoms with van der Waals surface area (Å²) >= 11 is 12.3. The van der Waals surface area contributed by atoms with Gasteiger partial charge in [0.15, 0.2) is 0 Å². The van der Waals surface area contributed by atoms with Crippen molar-refractivity contribution in [2.45, 2.75) is 26.4 Å². The Labute approximate surface area is 151 Å². The Kier molecular flexibility index (Phi) is 5.12. The Morgan fingerprint density at radius 1 is 1.08 bits per heavy atom. The van der Waals surface area contributed by atoms with E-state index >= 15 is 0 Å². The number of nitrogens with zero attached hydrogens (tertiary/aromatic N) is 2. The average Bonchev–Trinajstić information content (AvgIpc) is 2.93. The molecule has 0 saturated heterocycles. The lowest BCUT2D eigenvalue weighted by atomic mass is 10.2. The van der Waals surface area contributed by atoms with E-state index in [2.05, 4.69) is 53.3 Å². The van der Waals surface area contributed by atoms with Crippen LogP contribution in [-0.2, 0) is 6.54 Å². The van der Waals surface area contributed by atoms with E-state index in [0.717, 1.165) is 11.1 Å². The third-order valence-electron chi connectivity index (χ3n) is 3.94. The van der Waals surface area contributed by atoms with Crippen LogP contribution in [0.1, 0.15) is 31.0 Å². The first-order valence-corrected chi connectivity index (χ1v) is 8.62. The summed E-state index contributed by atoms with van der Waals surface area (Å²) in [7, 11) is 0. The first-order chi connectivity index (χ1) is 11.6. The van der Waals surface area contributed by atoms with E-state index in [-0.39, 0.29) is 0 Å². The molecule has 3 aromatic rings. The van der Waals surface area contributed by atoms with Gasteiger partial charge in [-0.15, -0.1) is 0 Å². The molecule has 0 amide bonds. The number of hydrogen-bond donors (Lipinski definition) is 1. The molecule has 0 aliphatic rings. The second-order valence-electron chi connectivity index (χ2n) is 5.90. The minimum Gasteiger partial charge on any atom is -0.344 e. The van der Waals surface area contributed by atoms with Crippen LogP contribution in [0.3, 0.4) is 0 Å². The third kappa shape index (κ3) is 3.42. The Morgan fingerprint density at radius 3 is 2.50 bits per heavy atom. The molecule has 0 spiro atoms. The van der Waals surface area contributed by atoms with Crippen molar-refractivity contribution in [1.82, 2.24) is 9.99 Å². The zero-order chi connectivity index (χ0) is 17.1. The summed E-state index contributed by atoms with van der Waals surface area (Å²) in [4.78, 5) is 0. The highest BCUT2D eigenvalue weighted by Crippen LogP contribution is 2.24. The van der Waals surface area contributed by atoms with Crippen molar-refractivity contribution in [2.75, 3.05) is 0 Å². The maximum absolute atomic E-state index is 6.16. The van der Waals surface area contributed by atoms with Gasteiger partial charge in [0.2, 0.25) is 0 Å². The van der Waals surface area contributed by atoms with E-state index in [1.54, 1.807) is 0 Å². The van der Waals surface area contributed by atoms with Gasteiger partial charge in [0.25, 0.3) is 0 Å². The molecular weight excluding hydrogens is 341 g/mol. The van der Waals surface area contributed by atoms with E-state index < -0.39 is 0 Å². The largest absolute Gasteiger partial charge is 0.344 e. The van der Waals surface area contributed by atoms with Crippen LogP contribution in [0, 0.1) is 0 Å². The fourth-order valence-corrected chi connectivity index (χ4v) is 3.23. The highest BCUT2D eigenvalue weighted by molar-refractivity contribution is 6.35. The van der Waals surface area contributed by atoms with Gasteiger partial charge in [0, 0.05) is 44.3 Å². The van der Waals surface area contributed by atoms with Crippen LogP contribution < -0.4 is 5.43 Å². The quantitative estimate of drug-likeness (QED) is 0.462. The number of halogens is 2. The lowest BCUT2D eigenvalue weighted by Crippen LogP contribution is -2.06. The maximum atomic E-state index is 6.16. The fourth-order valence-electron chi connectivity index (χ4n) is 2.70. The second kappa shape index (κ2) is 7.29. The van der Waals surface area contributed by atoms with Crippen LogP contribution in [0.25, 0.3) is 10.9 Å². The molecular formula is C19H19Cl2N3. The lowest BCUT2D eigenvalue weighted by molar-refractivity contribution is 0.622. The summed E-state index contributed by atoms with van der Waals surface area (Å²) in [5.41, 5.74) is 6.17. The monoisotopic (exact) mass is 359 g/mol. The summed E-state index contributed by atoms with van der Waals surface area (Å²) in [5.74, 6) is 0. The molecule has 0 bridgehead atoms. The molecule has 1 heterocycles. The first-order valence-electron chi connectivity index (χ1n) is 7.86. The molecule has 3 nitrogen and oxygen atoms in total. The smallest absolute Gasteiger partial charge is 0.0609 e. The van der Waals surface area contributed by atoms with Crippen molar-refractivity contribution in [3.63, 3.8) is 0 Å². The molecule has 0 aliphatic carbocycles. The van der Waals surface area contributed by atoms with Gasteiger partial charge in [-0.05, 0) is 32.0 Å². The van der Waals surface area contributed by atoms with Gasteiger partial charge in [0.1, 0.15) is 0 Å². The molecule has 3 rings (SSSR count). The Morgan fingerprint density at radius 2 is 1.79 bits per heavy atom. The minimum atomic E-state index is 0.395. The Bertz CT molecular complexity index is 861. The van der Waals surface area contributed by atoms with Gasteiger partial charge in [-0.3, -0.25) is 0 Å². The maximum Gasteiger partial charge on any atom is 0.0609 e. The average molecular weight is 360 g/mol. The number of nitrogens with one attached hydrogen (secondary N) is 1. The topological polar surface area (TPSA) is 29.3 Å². The van der Waals surface area contributed by atoms with Crippen LogP contribution in [0.2, 0.25) is 10.0 Å². The predicted octanol–water partition coefficient (Wildman–Crippen LogP) is 5.65. The van der Waals surface area contributed by atoms with Crippen molar-refractivity contribution in [2.24, 2.45) is 5.10 Å². The predicted molar refractivity (Wildman–Crippen MR) is 103 cm³/mol. The summed E-state index contributed by atoms with van der Waals surface area (Å²) in [5, 5.41) is 6.80. The van der Waals surface area contributed by atoms with Crippen molar-refractivity contribution < 1.29 is 0 Å². The molecule has 0 unspecified atom stereocenters. The number of hydrazone groups is 1. The molecule has 0 saturated carbocycles. The van der Waals surface area contributed by atoms with E-state index in [1.165, 1.54) is 10.9 Å². The van der Waals surface area contributed by atoms with Crippen molar-refractivity contribution >= 4 is 40.3 Å². The number of para-hydroxylation sites is 1. The molecule has 2 aromatic carbocycles. The summed E-state index contributed by atoms with van der Waals surface area (Å²) in [6.45, 7) is 4.83. The van der Waals surface area contributed by atoms with Crippen molar-refractivity contribution in [3.05, 3.63) is 69.8 Å². The SMILES string of the molecule is CC(C)n1cc(/C=N\NCc2c(Cl)cccc2Cl)c2ccccc21. The summed E-state index contributed by atoms with van der Waals surface area (Å²) in [6.07, 6.45) is 3.97. The number of benzene rings is 2. The molecule has 0 atom stereocenters. The molecule has 0 aliphatic heterocycles. The molecule has 0 fully saturated rings. The summed E-state index contributed by atoms with van der Waals surface area (Å²) < 4.78 is 2.25. The van der Waals surface area contributed by atoms with Crippen LogP contribution >= 0.6 is 23.2 Å². The van der Waals surface area contributed by atoms with E-state index in [0.29, 0.717) is 22.6 Å². The Balaban J connectivity index is 1.79. The van der Waals surface area contributed by atoms with E-state index in [4.69, 9.17) is 23.2 Å². The standard InChI is InChI=1S/C19H19Cl2N3/c1-13(2)24-12-14(15-6-3-4-9-19(15)24)10-22-23-11-16-17(20)7-5-8-18(16)21/h3-10,12-13,23H,11H2,1-2H3/b22-10-. The zero-order valence-electron chi connectivity index (χ0n) is 13.6. The van der Waals surface area contributed by atoms with Crippen LogP contribution in [0.5, 0.6) is 0 Å².